The molecule has 3 aliphatic rings. The van der Waals surface area contributed by atoms with Gasteiger partial charge in [0, 0.05) is 7.11 Å². The smallest absolute Gasteiger partial charge is 0.101 e. The van der Waals surface area contributed by atoms with Gasteiger partial charge in [0.15, 0.2) is 0 Å². The van der Waals surface area contributed by atoms with Crippen molar-refractivity contribution in [1.82, 2.24) is 0 Å². The Morgan fingerprint density at radius 2 is 1.83 bits per heavy atom. The maximum Gasteiger partial charge on any atom is 0.101 e. The van der Waals surface area contributed by atoms with Crippen LogP contribution in [-0.4, -0.2) is 37.1 Å². The van der Waals surface area contributed by atoms with Gasteiger partial charge in [-0.25, -0.2) is 0 Å². The Morgan fingerprint density at radius 3 is 2.45 bits per heavy atom. The molecule has 1 spiro atoms. The minimum Gasteiger partial charge on any atom is -0.377 e. The molecule has 166 valence electrons. The summed E-state index contributed by atoms with van der Waals surface area (Å²) in [7, 11) is 1.87. The fraction of sp³-hybridized carbons (Fsp3) is 0.846. The first-order valence-corrected chi connectivity index (χ1v) is 12.1. The number of unbranched alkanes of at least 4 members (excludes halogenated alkanes) is 7. The van der Waals surface area contributed by atoms with Gasteiger partial charge in [0.2, 0.25) is 0 Å². The van der Waals surface area contributed by atoms with Crippen molar-refractivity contribution in [3.63, 3.8) is 0 Å². The molecular weight excluding hydrogens is 360 g/mol. The number of rotatable bonds is 12. The summed E-state index contributed by atoms with van der Waals surface area (Å²) in [6.45, 7) is 9.76. The second-order valence-corrected chi connectivity index (χ2v) is 9.98. The van der Waals surface area contributed by atoms with Gasteiger partial charge >= 0.3 is 0 Å². The lowest BCUT2D eigenvalue weighted by molar-refractivity contribution is -0.0203. The van der Waals surface area contributed by atoms with E-state index in [2.05, 4.69) is 39.8 Å². The number of hydrogen-bond donors (Lipinski definition) is 0. The number of epoxide rings is 2. The third kappa shape index (κ3) is 5.54. The van der Waals surface area contributed by atoms with Crippen molar-refractivity contribution >= 4 is 0 Å². The molecule has 0 aromatic rings. The predicted octanol–water partition coefficient (Wildman–Crippen LogP) is 6.76. The van der Waals surface area contributed by atoms with Gasteiger partial charge in [0.1, 0.15) is 11.2 Å². The number of allylic oxidation sites excluding steroid dienone is 2. The zero-order valence-electron chi connectivity index (χ0n) is 19.6. The summed E-state index contributed by atoms with van der Waals surface area (Å²) in [5.41, 5.74) is 2.72. The van der Waals surface area contributed by atoms with Crippen LogP contribution >= 0.6 is 0 Å². The summed E-state index contributed by atoms with van der Waals surface area (Å²) < 4.78 is 18.5. The molecule has 0 N–H and O–H groups in total. The summed E-state index contributed by atoms with van der Waals surface area (Å²) in [5.74, 6) is 0.310. The van der Waals surface area contributed by atoms with E-state index in [4.69, 9.17) is 14.2 Å². The number of ether oxygens (including phenoxy) is 3. The fourth-order valence-corrected chi connectivity index (χ4v) is 5.45. The lowest BCUT2D eigenvalue weighted by Crippen LogP contribution is -2.49. The van der Waals surface area contributed by atoms with Crippen LogP contribution in [0.3, 0.4) is 0 Å². The SMILES string of the molecule is CCCCCCCCC/C=C1/CC[C@]2(CO2)[C@@H]([C@@]2(C)O[C@@H]2CC=C(C)C)[C@@H]1OC. The highest BCUT2D eigenvalue weighted by molar-refractivity contribution is 5.28. The number of hydrogen-bond acceptors (Lipinski definition) is 3. The van der Waals surface area contributed by atoms with E-state index in [0.29, 0.717) is 12.0 Å². The molecule has 0 bridgehead atoms. The van der Waals surface area contributed by atoms with Gasteiger partial charge in [-0.05, 0) is 58.4 Å². The molecule has 0 amide bonds. The molecule has 2 aliphatic heterocycles. The summed E-state index contributed by atoms with van der Waals surface area (Å²) >= 11 is 0. The van der Waals surface area contributed by atoms with Crippen molar-refractivity contribution in [2.75, 3.05) is 13.7 Å². The maximum atomic E-state index is 6.31. The van der Waals surface area contributed by atoms with Crippen LogP contribution in [0.5, 0.6) is 0 Å². The van der Waals surface area contributed by atoms with Crippen molar-refractivity contribution in [3.8, 4) is 0 Å². The van der Waals surface area contributed by atoms with Gasteiger partial charge in [0.25, 0.3) is 0 Å². The first-order valence-electron chi connectivity index (χ1n) is 12.1. The fourth-order valence-electron chi connectivity index (χ4n) is 5.45. The Balaban J connectivity index is 1.56. The molecule has 0 aromatic heterocycles. The highest BCUT2D eigenvalue weighted by Gasteiger charge is 2.71. The zero-order chi connectivity index (χ0) is 20.9. The van der Waals surface area contributed by atoms with Crippen molar-refractivity contribution in [2.45, 2.75) is 122 Å². The second kappa shape index (κ2) is 10.1. The average Bonchev–Trinajstić information content (AvgIpc) is 3.60. The molecule has 0 radical (unpaired) electrons. The minimum atomic E-state index is -0.123. The van der Waals surface area contributed by atoms with E-state index in [-0.39, 0.29) is 17.3 Å². The monoisotopic (exact) mass is 404 g/mol. The van der Waals surface area contributed by atoms with Crippen LogP contribution in [0, 0.1) is 5.92 Å². The maximum absolute atomic E-state index is 6.31. The summed E-state index contributed by atoms with van der Waals surface area (Å²) in [6, 6.07) is 0. The first-order chi connectivity index (χ1) is 14.0. The Labute approximate surface area is 179 Å². The Kier molecular flexibility index (Phi) is 8.03. The highest BCUT2D eigenvalue weighted by atomic mass is 16.6. The summed E-state index contributed by atoms with van der Waals surface area (Å²) in [5, 5.41) is 0. The Hall–Kier alpha value is -0.640. The lowest BCUT2D eigenvalue weighted by Gasteiger charge is -2.40. The Bertz CT molecular complexity index is 585. The van der Waals surface area contributed by atoms with Gasteiger partial charge in [-0.3, -0.25) is 0 Å². The average molecular weight is 405 g/mol. The standard InChI is InChI=1S/C26H44O3/c1-6-7-8-9-10-11-12-13-14-21-17-18-26(19-28-26)24(23(21)27-5)25(4)22(29-25)16-15-20(2)3/h14-15,22-24H,6-13,16-19H2,1-5H3/b21-14-/t22-,23-,24-,25+,26+/m1/s1. The molecule has 3 rings (SSSR count). The van der Waals surface area contributed by atoms with Gasteiger partial charge in [-0.2, -0.15) is 0 Å². The van der Waals surface area contributed by atoms with E-state index in [0.717, 1.165) is 25.9 Å². The van der Waals surface area contributed by atoms with Crippen molar-refractivity contribution in [2.24, 2.45) is 5.92 Å². The summed E-state index contributed by atoms with van der Waals surface area (Å²) in [6.07, 6.45) is 19.2. The minimum absolute atomic E-state index is 0.00817. The second-order valence-electron chi connectivity index (χ2n) is 9.98. The molecule has 0 aromatic carbocycles. The molecule has 0 unspecified atom stereocenters. The van der Waals surface area contributed by atoms with Crippen LogP contribution in [0.25, 0.3) is 0 Å². The van der Waals surface area contributed by atoms with Crippen LogP contribution < -0.4 is 0 Å². The van der Waals surface area contributed by atoms with Crippen LogP contribution in [0.2, 0.25) is 0 Å². The van der Waals surface area contributed by atoms with E-state index < -0.39 is 0 Å². The normalized spacial score (nSPS) is 37.1. The van der Waals surface area contributed by atoms with E-state index >= 15 is 0 Å². The molecule has 3 nitrogen and oxygen atoms in total. The molecule has 29 heavy (non-hydrogen) atoms. The van der Waals surface area contributed by atoms with Gasteiger partial charge in [-0.1, -0.05) is 63.2 Å². The number of methoxy groups -OCH3 is 1. The van der Waals surface area contributed by atoms with Gasteiger partial charge in [0.05, 0.1) is 24.7 Å². The van der Waals surface area contributed by atoms with Crippen LogP contribution in [0.15, 0.2) is 23.3 Å². The van der Waals surface area contributed by atoms with E-state index in [1.807, 2.05) is 7.11 Å². The molecule has 2 heterocycles. The molecule has 5 atom stereocenters. The van der Waals surface area contributed by atoms with Crippen molar-refractivity contribution in [1.29, 1.82) is 0 Å². The van der Waals surface area contributed by atoms with E-state index in [1.165, 1.54) is 62.5 Å². The van der Waals surface area contributed by atoms with Crippen molar-refractivity contribution < 1.29 is 14.2 Å². The van der Waals surface area contributed by atoms with E-state index in [9.17, 15) is 0 Å². The van der Waals surface area contributed by atoms with E-state index in [1.54, 1.807) is 0 Å². The Morgan fingerprint density at radius 1 is 1.14 bits per heavy atom. The molecule has 1 saturated carbocycles. The third-order valence-electron chi connectivity index (χ3n) is 7.39. The van der Waals surface area contributed by atoms with Gasteiger partial charge < -0.3 is 14.2 Å². The van der Waals surface area contributed by atoms with Crippen LogP contribution in [-0.2, 0) is 14.2 Å². The van der Waals surface area contributed by atoms with Crippen LogP contribution in [0.1, 0.15) is 98.3 Å². The third-order valence-corrected chi connectivity index (χ3v) is 7.39. The largest absolute Gasteiger partial charge is 0.377 e. The molecular formula is C26H44O3. The molecule has 1 aliphatic carbocycles. The van der Waals surface area contributed by atoms with Crippen molar-refractivity contribution in [3.05, 3.63) is 23.3 Å². The topological polar surface area (TPSA) is 34.3 Å². The quantitative estimate of drug-likeness (QED) is 0.205. The molecule has 3 fully saturated rings. The zero-order valence-corrected chi connectivity index (χ0v) is 19.6. The predicted molar refractivity (Wildman–Crippen MR) is 120 cm³/mol. The summed E-state index contributed by atoms with van der Waals surface area (Å²) in [4.78, 5) is 0. The molecule has 2 saturated heterocycles. The lowest BCUT2D eigenvalue weighted by atomic mass is 9.67. The molecule has 3 heteroatoms. The first kappa shape index (κ1) is 23.0. The highest BCUT2D eigenvalue weighted by Crippen LogP contribution is 2.60. The van der Waals surface area contributed by atoms with Crippen LogP contribution in [0.4, 0.5) is 0 Å². The van der Waals surface area contributed by atoms with Gasteiger partial charge in [-0.15, -0.1) is 0 Å².